The molecule has 1 atom stereocenters. The third kappa shape index (κ3) is 4.39. The number of hydrogen-bond donors (Lipinski definition) is 2. The Morgan fingerprint density at radius 3 is 2.50 bits per heavy atom. The van der Waals surface area contributed by atoms with Crippen molar-refractivity contribution in [3.05, 3.63) is 51.8 Å². The number of halogens is 1. The van der Waals surface area contributed by atoms with E-state index >= 15 is 0 Å². The van der Waals surface area contributed by atoms with Gasteiger partial charge in [0.25, 0.3) is 0 Å². The third-order valence-corrected chi connectivity index (χ3v) is 6.18. The van der Waals surface area contributed by atoms with Crippen LogP contribution in [0.15, 0.2) is 50.5 Å². The number of sulfonamides is 1. The summed E-state index contributed by atoms with van der Waals surface area (Å²) >= 11 is 4.36. The number of benzene rings is 1. The van der Waals surface area contributed by atoms with Gasteiger partial charge in [-0.15, -0.1) is 11.3 Å². The minimum absolute atomic E-state index is 0.00720. The van der Waals surface area contributed by atoms with Gasteiger partial charge in [0.1, 0.15) is 4.21 Å². The lowest BCUT2D eigenvalue weighted by Gasteiger charge is -2.11. The van der Waals surface area contributed by atoms with Crippen molar-refractivity contribution in [1.82, 2.24) is 4.72 Å². The Kier molecular flexibility index (Phi) is 5.34. The van der Waals surface area contributed by atoms with Crippen LogP contribution >= 0.6 is 27.3 Å². The smallest absolute Gasteiger partial charge is 0.250 e. The molecule has 0 bridgehead atoms. The first-order chi connectivity index (χ1) is 9.47. The summed E-state index contributed by atoms with van der Waals surface area (Å²) < 4.78 is 27.3. The van der Waals surface area contributed by atoms with Gasteiger partial charge in [0.05, 0.1) is 9.89 Å². The summed E-state index contributed by atoms with van der Waals surface area (Å²) in [6.07, 6.45) is -0.340. The molecule has 2 aromatic rings. The van der Waals surface area contributed by atoms with Crippen molar-refractivity contribution < 1.29 is 13.5 Å². The van der Waals surface area contributed by atoms with Gasteiger partial charge >= 0.3 is 0 Å². The molecule has 7 heteroatoms. The van der Waals surface area contributed by atoms with E-state index in [0.717, 1.165) is 20.7 Å². The number of thiophene rings is 1. The molecular weight excluding hydrogens is 362 g/mol. The molecule has 0 aliphatic rings. The van der Waals surface area contributed by atoms with Crippen molar-refractivity contribution in [1.29, 1.82) is 0 Å². The van der Waals surface area contributed by atoms with Crippen LogP contribution in [0, 0.1) is 0 Å². The molecule has 0 unspecified atom stereocenters. The van der Waals surface area contributed by atoms with Crippen molar-refractivity contribution in [2.24, 2.45) is 0 Å². The maximum Gasteiger partial charge on any atom is 0.250 e. The van der Waals surface area contributed by atoms with E-state index in [9.17, 15) is 13.5 Å². The number of aliphatic hydroxyl groups is 1. The second kappa shape index (κ2) is 6.82. The summed E-state index contributed by atoms with van der Waals surface area (Å²) in [6.45, 7) is -0.00720. The Morgan fingerprint density at radius 1 is 1.20 bits per heavy atom. The van der Waals surface area contributed by atoms with Crippen LogP contribution in [0.5, 0.6) is 0 Å². The quantitative estimate of drug-likeness (QED) is 0.814. The van der Waals surface area contributed by atoms with Crippen molar-refractivity contribution >= 4 is 37.3 Å². The summed E-state index contributed by atoms with van der Waals surface area (Å²) in [5.41, 5.74) is 0.970. The van der Waals surface area contributed by atoms with E-state index in [1.165, 1.54) is 6.07 Å². The minimum atomic E-state index is -3.55. The Labute approximate surface area is 130 Å². The number of rotatable bonds is 6. The largest absolute Gasteiger partial charge is 0.391 e. The lowest BCUT2D eigenvalue weighted by atomic mass is 10.1. The highest BCUT2D eigenvalue weighted by molar-refractivity contribution is 9.11. The lowest BCUT2D eigenvalue weighted by molar-refractivity contribution is 0.179. The predicted octanol–water partition coefficient (Wildman–Crippen LogP) is 2.39. The Balaban J connectivity index is 1.91. The van der Waals surface area contributed by atoms with Crippen LogP contribution in [0.25, 0.3) is 0 Å². The van der Waals surface area contributed by atoms with Crippen molar-refractivity contribution in [3.8, 4) is 0 Å². The van der Waals surface area contributed by atoms with Crippen LogP contribution in [-0.2, 0) is 16.4 Å². The molecular formula is C13H14BrNO3S2. The fourth-order valence-corrected chi connectivity index (χ4v) is 4.80. The highest BCUT2D eigenvalue weighted by atomic mass is 79.9. The molecule has 0 radical (unpaired) electrons. The Hall–Kier alpha value is -0.730. The maximum atomic E-state index is 12.0. The van der Waals surface area contributed by atoms with Gasteiger partial charge in [0.15, 0.2) is 0 Å². The van der Waals surface area contributed by atoms with E-state index < -0.39 is 16.1 Å². The Morgan fingerprint density at radius 2 is 1.90 bits per heavy atom. The van der Waals surface area contributed by atoms with Crippen LogP contribution in [-0.4, -0.2) is 26.2 Å². The molecule has 2 N–H and O–H groups in total. The maximum absolute atomic E-state index is 12.0. The SMILES string of the molecule is O=S(=O)(NC[C@H](O)Cc1ccccc1)c1ccc(Br)s1. The van der Waals surface area contributed by atoms with Gasteiger partial charge in [-0.25, -0.2) is 13.1 Å². The first-order valence-corrected chi connectivity index (χ1v) is 9.03. The fraction of sp³-hybridized carbons (Fsp3) is 0.231. The van der Waals surface area contributed by atoms with E-state index in [2.05, 4.69) is 20.7 Å². The average molecular weight is 376 g/mol. The molecule has 0 aliphatic heterocycles. The van der Waals surface area contributed by atoms with Gasteiger partial charge in [0, 0.05) is 6.54 Å². The zero-order chi connectivity index (χ0) is 14.6. The highest BCUT2D eigenvalue weighted by Crippen LogP contribution is 2.25. The van der Waals surface area contributed by atoms with Crippen LogP contribution < -0.4 is 4.72 Å². The second-order valence-electron chi connectivity index (χ2n) is 4.25. The molecule has 2 rings (SSSR count). The molecule has 0 amide bonds. The van der Waals surface area contributed by atoms with Crippen molar-refractivity contribution in [2.75, 3.05) is 6.54 Å². The average Bonchev–Trinajstić information content (AvgIpc) is 2.85. The molecule has 0 aliphatic carbocycles. The standard InChI is InChI=1S/C13H14BrNO3S2/c14-12-6-7-13(19-12)20(17,18)15-9-11(16)8-10-4-2-1-3-5-10/h1-7,11,15-16H,8-9H2/t11-/m1/s1. The van der Waals surface area contributed by atoms with Crippen LogP contribution in [0.3, 0.4) is 0 Å². The number of hydrogen-bond acceptors (Lipinski definition) is 4. The van der Waals surface area contributed by atoms with Gasteiger partial charge in [-0.1, -0.05) is 30.3 Å². The van der Waals surface area contributed by atoms with Crippen LogP contribution in [0.1, 0.15) is 5.56 Å². The van der Waals surface area contributed by atoms with Gasteiger partial charge in [-0.05, 0) is 40.0 Å². The fourth-order valence-electron chi connectivity index (χ4n) is 1.68. The lowest BCUT2D eigenvalue weighted by Crippen LogP contribution is -2.32. The molecule has 1 aromatic carbocycles. The van der Waals surface area contributed by atoms with Crippen LogP contribution in [0.4, 0.5) is 0 Å². The van der Waals surface area contributed by atoms with Gasteiger partial charge in [-0.3, -0.25) is 0 Å². The summed E-state index contributed by atoms with van der Waals surface area (Å²) in [5.74, 6) is 0. The summed E-state index contributed by atoms with van der Waals surface area (Å²) in [5, 5.41) is 9.89. The second-order valence-corrected chi connectivity index (χ2v) is 8.71. The normalized spacial score (nSPS) is 13.3. The van der Waals surface area contributed by atoms with E-state index in [-0.39, 0.29) is 10.8 Å². The summed E-state index contributed by atoms with van der Waals surface area (Å²) in [4.78, 5) is 0. The van der Waals surface area contributed by atoms with E-state index in [0.29, 0.717) is 6.42 Å². The minimum Gasteiger partial charge on any atom is -0.391 e. The topological polar surface area (TPSA) is 66.4 Å². The van der Waals surface area contributed by atoms with Gasteiger partial charge in [-0.2, -0.15) is 0 Å². The van der Waals surface area contributed by atoms with Crippen molar-refractivity contribution in [3.63, 3.8) is 0 Å². The van der Waals surface area contributed by atoms with E-state index in [1.54, 1.807) is 6.07 Å². The summed E-state index contributed by atoms with van der Waals surface area (Å²) in [6, 6.07) is 12.7. The molecule has 20 heavy (non-hydrogen) atoms. The van der Waals surface area contributed by atoms with E-state index in [1.807, 2.05) is 30.3 Å². The number of nitrogens with one attached hydrogen (secondary N) is 1. The molecule has 108 valence electrons. The zero-order valence-corrected chi connectivity index (χ0v) is 13.7. The van der Waals surface area contributed by atoms with Gasteiger partial charge < -0.3 is 5.11 Å². The van der Waals surface area contributed by atoms with Gasteiger partial charge in [0.2, 0.25) is 10.0 Å². The predicted molar refractivity (Wildman–Crippen MR) is 83.4 cm³/mol. The van der Waals surface area contributed by atoms with E-state index in [4.69, 9.17) is 0 Å². The molecule has 1 aromatic heterocycles. The van der Waals surface area contributed by atoms with Crippen molar-refractivity contribution in [2.45, 2.75) is 16.7 Å². The molecule has 0 saturated carbocycles. The summed E-state index contributed by atoms with van der Waals surface area (Å²) in [7, 11) is -3.55. The molecule has 0 spiro atoms. The molecule has 0 saturated heterocycles. The van der Waals surface area contributed by atoms with Crippen LogP contribution in [0.2, 0.25) is 0 Å². The zero-order valence-electron chi connectivity index (χ0n) is 10.5. The highest BCUT2D eigenvalue weighted by Gasteiger charge is 2.17. The monoisotopic (exact) mass is 375 g/mol. The first kappa shape index (κ1) is 15.7. The Bertz CT molecular complexity index is 655. The number of aliphatic hydroxyl groups excluding tert-OH is 1. The first-order valence-electron chi connectivity index (χ1n) is 5.94. The molecule has 1 heterocycles. The third-order valence-electron chi connectivity index (χ3n) is 2.64. The molecule has 0 fully saturated rings. The molecule has 4 nitrogen and oxygen atoms in total.